The van der Waals surface area contributed by atoms with Crippen LogP contribution in [0.3, 0.4) is 0 Å². The molecule has 2 amide bonds. The number of nitrogens with one attached hydrogen (secondary N) is 1. The van der Waals surface area contributed by atoms with Crippen molar-refractivity contribution in [3.8, 4) is 17.1 Å². The van der Waals surface area contributed by atoms with Gasteiger partial charge >= 0.3 is 12.2 Å². The van der Waals surface area contributed by atoms with Crippen molar-refractivity contribution in [2.45, 2.75) is 44.4 Å². The van der Waals surface area contributed by atoms with Crippen molar-refractivity contribution in [3.05, 3.63) is 54.4 Å². The summed E-state index contributed by atoms with van der Waals surface area (Å²) in [6, 6.07) is 7.83. The van der Waals surface area contributed by atoms with Crippen LogP contribution in [0.25, 0.3) is 11.3 Å². The first-order valence-corrected chi connectivity index (χ1v) is 12.9. The standard InChI is InChI=1S/C27H27F3N6O4/c1-26(2)39-15-19(40-26)14-38-23-12-31-11-22(33-23)34-25(37)36-18-8-9-35(13-18)21-7-6-20(32-24(21)36)16-4-3-5-17(10-16)27(28,29)30/h3-7,10-12,18-19H,8-9,13-15H2,1-2H3,(H,33,34,37)/t18-,19?/m0/s1. The van der Waals surface area contributed by atoms with Gasteiger partial charge in [0.25, 0.3) is 0 Å². The number of fused-ring (bicyclic) bond motifs is 4. The number of nitrogens with zero attached hydrogens (tertiary/aromatic N) is 5. The molecule has 1 N–H and O–H groups in total. The van der Waals surface area contributed by atoms with Gasteiger partial charge < -0.3 is 19.1 Å². The third kappa shape index (κ3) is 5.26. The van der Waals surface area contributed by atoms with E-state index in [0.717, 1.165) is 30.8 Å². The summed E-state index contributed by atoms with van der Waals surface area (Å²) in [4.78, 5) is 30.4. The predicted molar refractivity (Wildman–Crippen MR) is 139 cm³/mol. The van der Waals surface area contributed by atoms with E-state index in [4.69, 9.17) is 14.2 Å². The number of hydrogen-bond acceptors (Lipinski definition) is 8. The highest BCUT2D eigenvalue weighted by atomic mass is 19.4. The van der Waals surface area contributed by atoms with Gasteiger partial charge in [-0.1, -0.05) is 12.1 Å². The van der Waals surface area contributed by atoms with E-state index in [1.54, 1.807) is 23.1 Å². The average Bonchev–Trinajstić information content (AvgIpc) is 3.50. The first-order chi connectivity index (χ1) is 19.1. The van der Waals surface area contributed by atoms with Crippen LogP contribution in [-0.2, 0) is 15.7 Å². The van der Waals surface area contributed by atoms with E-state index in [1.807, 2.05) is 13.8 Å². The summed E-state index contributed by atoms with van der Waals surface area (Å²) in [5.74, 6) is 0.0950. The van der Waals surface area contributed by atoms with Crippen LogP contribution < -0.4 is 19.9 Å². The Morgan fingerprint density at radius 2 is 2.05 bits per heavy atom. The molecule has 2 atom stereocenters. The van der Waals surface area contributed by atoms with E-state index >= 15 is 0 Å². The van der Waals surface area contributed by atoms with Crippen LogP contribution in [0.2, 0.25) is 0 Å². The van der Waals surface area contributed by atoms with Gasteiger partial charge in [0.1, 0.15) is 12.7 Å². The highest BCUT2D eigenvalue weighted by Crippen LogP contribution is 2.41. The maximum Gasteiger partial charge on any atom is 0.416 e. The van der Waals surface area contributed by atoms with Crippen molar-refractivity contribution >= 4 is 23.4 Å². The van der Waals surface area contributed by atoms with Crippen LogP contribution in [0.4, 0.5) is 35.3 Å². The molecule has 3 aliphatic heterocycles. The monoisotopic (exact) mass is 556 g/mol. The molecule has 10 nitrogen and oxygen atoms in total. The zero-order valence-electron chi connectivity index (χ0n) is 21.8. The first-order valence-electron chi connectivity index (χ1n) is 12.9. The van der Waals surface area contributed by atoms with Gasteiger partial charge in [-0.05, 0) is 44.5 Å². The van der Waals surface area contributed by atoms with Gasteiger partial charge in [-0.15, -0.1) is 0 Å². The number of aromatic nitrogens is 3. The Labute approximate surface area is 228 Å². The lowest BCUT2D eigenvalue weighted by atomic mass is 10.1. The second-order valence-corrected chi connectivity index (χ2v) is 10.3. The summed E-state index contributed by atoms with van der Waals surface area (Å²) < 4.78 is 56.9. The summed E-state index contributed by atoms with van der Waals surface area (Å²) in [5.41, 5.74) is 0.618. The molecular formula is C27H27F3N6O4. The summed E-state index contributed by atoms with van der Waals surface area (Å²) >= 11 is 0. The minimum absolute atomic E-state index is 0.160. The summed E-state index contributed by atoms with van der Waals surface area (Å²) in [6.07, 6.45) is -1.18. The number of rotatable bonds is 5. The normalized spacial score (nSPS) is 21.3. The van der Waals surface area contributed by atoms with Gasteiger partial charge in [0.05, 0.1) is 42.0 Å². The lowest BCUT2D eigenvalue weighted by molar-refractivity contribution is -0.141. The number of ether oxygens (including phenoxy) is 3. The lowest BCUT2D eigenvalue weighted by Gasteiger charge is -2.35. The maximum atomic E-state index is 13.6. The van der Waals surface area contributed by atoms with E-state index in [9.17, 15) is 18.0 Å². The number of carbonyl (C=O) groups excluding carboxylic acids is 1. The number of pyridine rings is 1. The lowest BCUT2D eigenvalue weighted by Crippen LogP contribution is -2.48. The second-order valence-electron chi connectivity index (χ2n) is 10.3. The number of anilines is 3. The summed E-state index contributed by atoms with van der Waals surface area (Å²) in [7, 11) is 0. The van der Waals surface area contributed by atoms with Crippen molar-refractivity contribution in [2.24, 2.45) is 0 Å². The molecule has 1 unspecified atom stereocenters. The Morgan fingerprint density at radius 3 is 2.83 bits per heavy atom. The largest absolute Gasteiger partial charge is 0.474 e. The SMILES string of the molecule is CC1(C)OCC(COc2cncc(NC(=O)N3c4nc(-c5cccc(C(F)(F)F)c5)ccc4N4CC[C@H]3C4)n2)O1. The van der Waals surface area contributed by atoms with Gasteiger partial charge in [0.2, 0.25) is 5.88 Å². The van der Waals surface area contributed by atoms with Crippen LogP contribution >= 0.6 is 0 Å². The molecule has 2 bridgehead atoms. The van der Waals surface area contributed by atoms with Gasteiger partial charge in [-0.25, -0.2) is 9.78 Å². The Balaban J connectivity index is 1.22. The fraction of sp³-hybridized carbons (Fsp3) is 0.407. The number of hydrogen-bond donors (Lipinski definition) is 1. The van der Waals surface area contributed by atoms with E-state index in [0.29, 0.717) is 30.2 Å². The smallest absolute Gasteiger partial charge is 0.416 e. The van der Waals surface area contributed by atoms with Gasteiger partial charge in [0, 0.05) is 18.7 Å². The minimum Gasteiger partial charge on any atom is -0.474 e. The molecule has 1 aromatic carbocycles. The molecule has 3 aromatic rings. The van der Waals surface area contributed by atoms with Gasteiger partial charge in [-0.3, -0.25) is 15.2 Å². The van der Waals surface area contributed by atoms with Crippen molar-refractivity contribution < 1.29 is 32.2 Å². The third-order valence-electron chi connectivity index (χ3n) is 6.99. The fourth-order valence-corrected chi connectivity index (χ4v) is 5.16. The van der Waals surface area contributed by atoms with Crippen LogP contribution in [0.1, 0.15) is 25.8 Å². The molecule has 6 rings (SSSR count). The molecule has 13 heteroatoms. The zero-order chi connectivity index (χ0) is 28.1. The van der Waals surface area contributed by atoms with Crippen LogP contribution in [0, 0.1) is 0 Å². The first kappa shape index (κ1) is 26.3. The van der Waals surface area contributed by atoms with E-state index < -0.39 is 23.6 Å². The van der Waals surface area contributed by atoms with Gasteiger partial charge in [-0.2, -0.15) is 18.2 Å². The molecule has 5 heterocycles. The van der Waals surface area contributed by atoms with Crippen LogP contribution in [-0.4, -0.2) is 65.2 Å². The Hall–Kier alpha value is -3.97. The molecule has 0 saturated carbocycles. The van der Waals surface area contributed by atoms with E-state index in [2.05, 4.69) is 25.2 Å². The summed E-state index contributed by atoms with van der Waals surface area (Å²) in [5, 5.41) is 2.78. The number of halogens is 3. The highest BCUT2D eigenvalue weighted by molar-refractivity contribution is 6.04. The van der Waals surface area contributed by atoms with Gasteiger partial charge in [0.15, 0.2) is 17.4 Å². The average molecular weight is 557 g/mol. The highest BCUT2D eigenvalue weighted by Gasteiger charge is 2.41. The van der Waals surface area contributed by atoms with E-state index in [1.165, 1.54) is 18.5 Å². The van der Waals surface area contributed by atoms with Crippen molar-refractivity contribution in [2.75, 3.05) is 41.4 Å². The number of carbonyl (C=O) groups is 1. The topological polar surface area (TPSA) is 102 Å². The molecular weight excluding hydrogens is 529 g/mol. The van der Waals surface area contributed by atoms with E-state index in [-0.39, 0.29) is 30.5 Å². The van der Waals surface area contributed by atoms with Crippen molar-refractivity contribution in [1.82, 2.24) is 15.0 Å². The molecule has 0 aliphatic carbocycles. The number of urea groups is 1. The Morgan fingerprint density at radius 1 is 1.20 bits per heavy atom. The predicted octanol–water partition coefficient (Wildman–Crippen LogP) is 4.72. The maximum absolute atomic E-state index is 13.6. The number of amides is 2. The van der Waals surface area contributed by atoms with Crippen molar-refractivity contribution in [3.63, 3.8) is 0 Å². The fourth-order valence-electron chi connectivity index (χ4n) is 5.16. The minimum atomic E-state index is -4.48. The number of alkyl halides is 3. The van der Waals surface area contributed by atoms with Crippen LogP contribution in [0.15, 0.2) is 48.8 Å². The molecule has 210 valence electrons. The summed E-state index contributed by atoms with van der Waals surface area (Å²) in [6.45, 7) is 5.60. The number of benzene rings is 1. The quantitative estimate of drug-likeness (QED) is 0.482. The molecule has 0 radical (unpaired) electrons. The van der Waals surface area contributed by atoms with Crippen LogP contribution in [0.5, 0.6) is 5.88 Å². The zero-order valence-corrected chi connectivity index (χ0v) is 21.8. The molecule has 2 saturated heterocycles. The molecule has 0 spiro atoms. The Bertz CT molecular complexity index is 1440. The second kappa shape index (κ2) is 9.89. The third-order valence-corrected chi connectivity index (χ3v) is 6.99. The molecule has 40 heavy (non-hydrogen) atoms. The van der Waals surface area contributed by atoms with Crippen molar-refractivity contribution in [1.29, 1.82) is 0 Å². The molecule has 2 aromatic heterocycles. The Kier molecular flexibility index (Phi) is 6.50. The molecule has 2 fully saturated rings. The molecule has 3 aliphatic rings.